The van der Waals surface area contributed by atoms with Gasteiger partial charge < -0.3 is 18.9 Å². The number of nitrogens with zero attached hydrogens (tertiary/aromatic N) is 4. The second-order valence-electron chi connectivity index (χ2n) is 13.0. The Bertz CT molecular complexity index is 2230. The Kier molecular flexibility index (Phi) is 9.70. The van der Waals surface area contributed by atoms with Crippen LogP contribution in [0.2, 0.25) is 0 Å². The van der Waals surface area contributed by atoms with E-state index in [2.05, 4.69) is 4.98 Å². The summed E-state index contributed by atoms with van der Waals surface area (Å²) in [6.07, 6.45) is -1.35. The number of amides is 2. The average molecular weight is 709 g/mol. The van der Waals surface area contributed by atoms with E-state index in [1.807, 2.05) is 91.0 Å². The van der Waals surface area contributed by atoms with Crippen molar-refractivity contribution in [1.82, 2.24) is 14.8 Å². The molecule has 4 heterocycles. The fourth-order valence-corrected chi connectivity index (χ4v) is 6.92. The van der Waals surface area contributed by atoms with Crippen molar-refractivity contribution in [3.8, 4) is 0 Å². The van der Waals surface area contributed by atoms with Crippen LogP contribution in [-0.2, 0) is 38.8 Å². The highest BCUT2D eigenvalue weighted by Crippen LogP contribution is 2.42. The van der Waals surface area contributed by atoms with Crippen LogP contribution in [-0.4, -0.2) is 57.4 Å². The summed E-state index contributed by atoms with van der Waals surface area (Å²) in [5, 5.41) is 4.78. The van der Waals surface area contributed by atoms with Gasteiger partial charge in [0.15, 0.2) is 0 Å². The maximum absolute atomic E-state index is 13.6. The zero-order valence-corrected chi connectivity index (χ0v) is 28.9. The van der Waals surface area contributed by atoms with Gasteiger partial charge in [0, 0.05) is 13.1 Å². The summed E-state index contributed by atoms with van der Waals surface area (Å²) in [5.41, 5.74) is 4.49. The zero-order valence-electron chi connectivity index (χ0n) is 28.9. The molecule has 0 aliphatic carbocycles. The first-order valence-corrected chi connectivity index (χ1v) is 17.4. The molecule has 2 amide bonds. The lowest BCUT2D eigenvalue weighted by Crippen LogP contribution is -2.38. The molecule has 1 fully saturated rings. The lowest BCUT2D eigenvalue weighted by Gasteiger charge is -2.25. The molecule has 53 heavy (non-hydrogen) atoms. The van der Waals surface area contributed by atoms with Crippen LogP contribution in [0.3, 0.4) is 0 Å². The van der Waals surface area contributed by atoms with Gasteiger partial charge in [-0.25, -0.2) is 4.90 Å². The van der Waals surface area contributed by atoms with Crippen LogP contribution < -0.4 is 4.90 Å². The minimum atomic E-state index is -0.877. The standard InChI is InChI=1S/C42H36N4O7/c1-27(47)46-37-33(45-41(48)31-19-11-12-20-32(31)42(45)49)21-22-43-35(37)36(44-46)39-40(52-25-30-17-9-4-10-18-30)38(51-24-29-15-7-3-8-16-29)34(53-39)26-50-23-28-13-5-2-6-14-28/h2-22,34,38-40H,23-26H2,1H3/t34-,38?,39+,40?/m1/s1. The van der Waals surface area contributed by atoms with Crippen molar-refractivity contribution in [2.24, 2.45) is 0 Å². The number of fused-ring (bicyclic) bond motifs is 2. The average Bonchev–Trinajstić information content (AvgIpc) is 3.83. The number of pyridine rings is 1. The van der Waals surface area contributed by atoms with Crippen LogP contribution >= 0.6 is 0 Å². The lowest BCUT2D eigenvalue weighted by molar-refractivity contribution is -0.0898. The van der Waals surface area contributed by atoms with E-state index in [0.717, 1.165) is 21.6 Å². The number of carbonyl (C=O) groups excluding carboxylic acids is 3. The molecular formula is C42H36N4O7. The molecule has 0 radical (unpaired) electrons. The largest absolute Gasteiger partial charge is 0.374 e. The number of imide groups is 1. The number of hydrogen-bond acceptors (Lipinski definition) is 9. The van der Waals surface area contributed by atoms with Gasteiger partial charge in [-0.1, -0.05) is 103 Å². The van der Waals surface area contributed by atoms with E-state index in [1.165, 1.54) is 17.8 Å². The van der Waals surface area contributed by atoms with Crippen LogP contribution in [0.15, 0.2) is 128 Å². The predicted molar refractivity (Wildman–Crippen MR) is 195 cm³/mol. The van der Waals surface area contributed by atoms with E-state index in [0.29, 0.717) is 17.8 Å². The number of ether oxygens (including phenoxy) is 4. The Hall–Kier alpha value is -5.85. The van der Waals surface area contributed by atoms with Gasteiger partial charge in [-0.3, -0.25) is 19.4 Å². The van der Waals surface area contributed by atoms with Gasteiger partial charge in [-0.2, -0.15) is 9.78 Å². The summed E-state index contributed by atoms with van der Waals surface area (Å²) < 4.78 is 27.5. The third-order valence-corrected chi connectivity index (χ3v) is 9.44. The molecule has 11 heteroatoms. The third kappa shape index (κ3) is 6.78. The molecule has 0 bridgehead atoms. The second kappa shape index (κ2) is 15.0. The van der Waals surface area contributed by atoms with Gasteiger partial charge in [0.1, 0.15) is 41.1 Å². The predicted octanol–water partition coefficient (Wildman–Crippen LogP) is 6.72. The van der Waals surface area contributed by atoms with Crippen LogP contribution in [0.5, 0.6) is 0 Å². The first-order valence-electron chi connectivity index (χ1n) is 17.4. The molecule has 8 rings (SSSR count). The van der Waals surface area contributed by atoms with Crippen molar-refractivity contribution < 1.29 is 33.3 Å². The number of carbonyl (C=O) groups is 3. The Labute approximate surface area is 305 Å². The molecule has 2 unspecified atom stereocenters. The highest BCUT2D eigenvalue weighted by Gasteiger charge is 2.50. The number of hydrogen-bond donors (Lipinski definition) is 0. The summed E-state index contributed by atoms with van der Waals surface area (Å²) >= 11 is 0. The smallest absolute Gasteiger partial charge is 0.266 e. The number of benzene rings is 4. The summed E-state index contributed by atoms with van der Waals surface area (Å²) in [6.45, 7) is 2.43. The molecule has 11 nitrogen and oxygen atoms in total. The van der Waals surface area contributed by atoms with Crippen molar-refractivity contribution in [3.63, 3.8) is 0 Å². The monoisotopic (exact) mass is 708 g/mol. The molecule has 0 spiro atoms. The highest BCUT2D eigenvalue weighted by molar-refractivity contribution is 6.35. The SMILES string of the molecule is CC(=O)n1nc([C@@H]2O[C@H](COCc3ccccc3)C(OCc3ccccc3)C2OCc2ccccc2)c2nccc(N3C(=O)c4ccccc4C3=O)c21. The maximum atomic E-state index is 13.6. The minimum absolute atomic E-state index is 0.176. The molecular weight excluding hydrogens is 672 g/mol. The summed E-state index contributed by atoms with van der Waals surface area (Å²) in [6, 6.07) is 37.6. The van der Waals surface area contributed by atoms with Crippen LogP contribution in [0.25, 0.3) is 11.0 Å². The topological polar surface area (TPSA) is 122 Å². The second-order valence-corrected chi connectivity index (χ2v) is 13.0. The van der Waals surface area contributed by atoms with Gasteiger partial charge in [0.25, 0.3) is 11.8 Å². The molecule has 2 aromatic heterocycles. The molecule has 4 aromatic carbocycles. The molecule has 6 aromatic rings. The molecule has 2 aliphatic rings. The van der Waals surface area contributed by atoms with Crippen molar-refractivity contribution in [3.05, 3.63) is 161 Å². The van der Waals surface area contributed by atoms with Gasteiger partial charge in [0.05, 0.1) is 43.2 Å². The first kappa shape index (κ1) is 34.2. The Morgan fingerprint density at radius 2 is 1.23 bits per heavy atom. The zero-order chi connectivity index (χ0) is 36.3. The molecule has 1 saturated heterocycles. The molecule has 4 atom stereocenters. The Balaban J connectivity index is 1.19. The highest BCUT2D eigenvalue weighted by atomic mass is 16.6. The van der Waals surface area contributed by atoms with E-state index in [4.69, 9.17) is 24.0 Å². The molecule has 0 saturated carbocycles. The normalized spacial score (nSPS) is 19.6. The van der Waals surface area contributed by atoms with Crippen molar-refractivity contribution in [1.29, 1.82) is 0 Å². The third-order valence-electron chi connectivity index (χ3n) is 9.44. The fraction of sp³-hybridized carbons (Fsp3) is 0.214. The van der Waals surface area contributed by atoms with E-state index in [-0.39, 0.29) is 42.2 Å². The summed E-state index contributed by atoms with van der Waals surface area (Å²) in [4.78, 5) is 46.3. The number of aromatic nitrogens is 3. The fourth-order valence-electron chi connectivity index (χ4n) is 6.92. The quantitative estimate of drug-likeness (QED) is 0.128. The van der Waals surface area contributed by atoms with E-state index in [9.17, 15) is 14.4 Å². The molecule has 0 N–H and O–H groups in total. The van der Waals surface area contributed by atoms with Crippen LogP contribution in [0.1, 0.15) is 60.9 Å². The number of rotatable bonds is 12. The van der Waals surface area contributed by atoms with E-state index < -0.39 is 42.1 Å². The van der Waals surface area contributed by atoms with Crippen molar-refractivity contribution in [2.75, 3.05) is 11.5 Å². The summed E-state index contributed by atoms with van der Waals surface area (Å²) in [7, 11) is 0. The molecule has 266 valence electrons. The van der Waals surface area contributed by atoms with Crippen LogP contribution in [0.4, 0.5) is 5.69 Å². The Morgan fingerprint density at radius 1 is 0.698 bits per heavy atom. The van der Waals surface area contributed by atoms with Crippen molar-refractivity contribution >= 4 is 34.4 Å². The van der Waals surface area contributed by atoms with E-state index in [1.54, 1.807) is 30.3 Å². The first-order chi connectivity index (χ1) is 26.0. The van der Waals surface area contributed by atoms with Gasteiger partial charge in [0.2, 0.25) is 5.91 Å². The van der Waals surface area contributed by atoms with Gasteiger partial charge in [-0.05, 0) is 34.9 Å². The summed E-state index contributed by atoms with van der Waals surface area (Å²) in [5.74, 6) is -1.43. The van der Waals surface area contributed by atoms with Crippen molar-refractivity contribution in [2.45, 2.75) is 51.2 Å². The van der Waals surface area contributed by atoms with E-state index >= 15 is 0 Å². The lowest BCUT2D eigenvalue weighted by atomic mass is 10.0. The van der Waals surface area contributed by atoms with Crippen LogP contribution in [0, 0.1) is 0 Å². The molecule has 2 aliphatic heterocycles. The van der Waals surface area contributed by atoms with Gasteiger partial charge in [-0.15, -0.1) is 0 Å². The van der Waals surface area contributed by atoms with Gasteiger partial charge >= 0.3 is 0 Å². The minimum Gasteiger partial charge on any atom is -0.374 e. The number of anilines is 1. The Morgan fingerprint density at radius 3 is 1.79 bits per heavy atom. The maximum Gasteiger partial charge on any atom is 0.266 e.